The second-order valence-corrected chi connectivity index (χ2v) is 6.37. The fraction of sp³-hybridized carbons (Fsp3) is 0.208. The Morgan fingerprint density at radius 3 is 1.94 bits per heavy atom. The number of ether oxygens (including phenoxy) is 5. The molecule has 8 heteroatoms. The van der Waals surface area contributed by atoms with Gasteiger partial charge in [-0.15, -0.1) is 0 Å². The Kier molecular flexibility index (Phi) is 9.04. The van der Waals surface area contributed by atoms with Gasteiger partial charge >= 0.3 is 17.9 Å². The molecule has 0 aromatic heterocycles. The molecule has 0 saturated carbocycles. The van der Waals surface area contributed by atoms with Crippen molar-refractivity contribution in [2.45, 2.75) is 13.8 Å². The fourth-order valence-corrected chi connectivity index (χ4v) is 2.59. The summed E-state index contributed by atoms with van der Waals surface area (Å²) in [4.78, 5) is 34.4. The van der Waals surface area contributed by atoms with E-state index in [2.05, 4.69) is 0 Å². The molecule has 0 radical (unpaired) electrons. The molecule has 2 aromatic rings. The Bertz CT molecular complexity index is 1040. The summed E-state index contributed by atoms with van der Waals surface area (Å²) in [5, 5.41) is 0. The van der Waals surface area contributed by atoms with E-state index in [-0.39, 0.29) is 18.1 Å². The van der Waals surface area contributed by atoms with Crippen LogP contribution in [0.25, 0.3) is 12.2 Å². The summed E-state index contributed by atoms with van der Waals surface area (Å²) in [6.45, 7) is 2.54. The Labute approximate surface area is 186 Å². The van der Waals surface area contributed by atoms with Crippen LogP contribution >= 0.6 is 0 Å². The van der Waals surface area contributed by atoms with Gasteiger partial charge in [0.2, 0.25) is 0 Å². The first-order chi connectivity index (χ1) is 15.3. The molecule has 168 valence electrons. The normalized spacial score (nSPS) is 10.8. The van der Waals surface area contributed by atoms with Gasteiger partial charge in [-0.3, -0.25) is 9.59 Å². The molecular formula is C24H24O8. The SMILES string of the molecule is COc1ccc(/C=C/COC(=O)/C=C\c2ccc(OC(C)=O)c(OC(C)=O)c2)cc1OC. The molecule has 2 aromatic carbocycles. The number of carbonyl (C=O) groups is 3. The third-order valence-electron chi connectivity index (χ3n) is 3.93. The van der Waals surface area contributed by atoms with E-state index in [1.165, 1.54) is 38.1 Å². The van der Waals surface area contributed by atoms with Crippen LogP contribution in [0.5, 0.6) is 23.0 Å². The maximum Gasteiger partial charge on any atom is 0.331 e. The van der Waals surface area contributed by atoms with Gasteiger partial charge in [-0.25, -0.2) is 4.79 Å². The zero-order valence-electron chi connectivity index (χ0n) is 18.2. The lowest BCUT2D eigenvalue weighted by Gasteiger charge is -2.09. The summed E-state index contributed by atoms with van der Waals surface area (Å²) in [6, 6.07) is 9.98. The Morgan fingerprint density at radius 2 is 1.31 bits per heavy atom. The molecule has 0 N–H and O–H groups in total. The topological polar surface area (TPSA) is 97.4 Å². The van der Waals surface area contributed by atoms with Gasteiger partial charge in [0.25, 0.3) is 0 Å². The predicted molar refractivity (Wildman–Crippen MR) is 118 cm³/mol. The minimum atomic E-state index is -0.569. The van der Waals surface area contributed by atoms with E-state index in [1.807, 2.05) is 6.07 Å². The predicted octanol–water partition coefficient (Wildman–Crippen LogP) is 3.82. The van der Waals surface area contributed by atoms with Crippen LogP contribution in [0.4, 0.5) is 0 Å². The number of methoxy groups -OCH3 is 2. The lowest BCUT2D eigenvalue weighted by atomic mass is 10.2. The minimum absolute atomic E-state index is 0.0704. The molecule has 0 saturated heterocycles. The standard InChI is InChI=1S/C24H24O8/c1-16(25)31-21-11-8-19(15-23(21)32-17(2)26)9-12-24(27)30-13-5-6-18-7-10-20(28-3)22(14-18)29-4/h5-12,14-15H,13H2,1-4H3/b6-5+,12-9-. The smallest absolute Gasteiger partial charge is 0.331 e. The van der Waals surface area contributed by atoms with E-state index in [9.17, 15) is 14.4 Å². The molecule has 0 aliphatic heterocycles. The van der Waals surface area contributed by atoms with Crippen LogP contribution in [0.1, 0.15) is 25.0 Å². The summed E-state index contributed by atoms with van der Waals surface area (Å²) in [7, 11) is 3.12. The fourth-order valence-electron chi connectivity index (χ4n) is 2.59. The summed E-state index contributed by atoms with van der Waals surface area (Å²) in [6.07, 6.45) is 6.21. The molecule has 8 nitrogen and oxygen atoms in total. The van der Waals surface area contributed by atoms with Crippen molar-refractivity contribution in [2.75, 3.05) is 20.8 Å². The Hall–Kier alpha value is -4.07. The first-order valence-electron chi connectivity index (χ1n) is 9.56. The lowest BCUT2D eigenvalue weighted by molar-refractivity contribution is -0.136. The van der Waals surface area contributed by atoms with Crippen LogP contribution in [0, 0.1) is 0 Å². The summed E-state index contributed by atoms with van der Waals surface area (Å²) >= 11 is 0. The Balaban J connectivity index is 1.96. The van der Waals surface area contributed by atoms with E-state index in [0.29, 0.717) is 17.1 Å². The van der Waals surface area contributed by atoms with Crippen molar-refractivity contribution in [1.29, 1.82) is 0 Å². The van der Waals surface area contributed by atoms with Crippen LogP contribution in [-0.2, 0) is 19.1 Å². The van der Waals surface area contributed by atoms with E-state index in [4.69, 9.17) is 23.7 Å². The van der Waals surface area contributed by atoms with Gasteiger partial charge in [-0.05, 0) is 47.5 Å². The third kappa shape index (κ3) is 7.64. The number of hydrogen-bond donors (Lipinski definition) is 0. The molecule has 0 atom stereocenters. The zero-order chi connectivity index (χ0) is 23.5. The van der Waals surface area contributed by atoms with Crippen molar-refractivity contribution in [2.24, 2.45) is 0 Å². The lowest BCUT2D eigenvalue weighted by Crippen LogP contribution is -2.07. The second kappa shape index (κ2) is 11.9. The highest BCUT2D eigenvalue weighted by molar-refractivity contribution is 5.87. The third-order valence-corrected chi connectivity index (χ3v) is 3.93. The molecule has 0 spiro atoms. The number of benzene rings is 2. The van der Waals surface area contributed by atoms with Gasteiger partial charge < -0.3 is 23.7 Å². The van der Waals surface area contributed by atoms with Crippen LogP contribution in [0.15, 0.2) is 48.6 Å². The van der Waals surface area contributed by atoms with Gasteiger partial charge in [0.1, 0.15) is 6.61 Å². The molecule has 0 amide bonds. The van der Waals surface area contributed by atoms with E-state index < -0.39 is 17.9 Å². The van der Waals surface area contributed by atoms with Gasteiger partial charge in [0.05, 0.1) is 14.2 Å². The largest absolute Gasteiger partial charge is 0.493 e. The van der Waals surface area contributed by atoms with Crippen molar-refractivity contribution >= 4 is 30.1 Å². The van der Waals surface area contributed by atoms with Crippen LogP contribution in [-0.4, -0.2) is 38.7 Å². The molecule has 0 bridgehead atoms. The highest BCUT2D eigenvalue weighted by Gasteiger charge is 2.10. The molecule has 0 unspecified atom stereocenters. The van der Waals surface area contributed by atoms with Gasteiger partial charge in [-0.2, -0.15) is 0 Å². The van der Waals surface area contributed by atoms with Crippen LogP contribution in [0.2, 0.25) is 0 Å². The zero-order valence-corrected chi connectivity index (χ0v) is 18.2. The number of rotatable bonds is 9. The molecule has 0 fully saturated rings. The van der Waals surface area contributed by atoms with E-state index >= 15 is 0 Å². The summed E-state index contributed by atoms with van der Waals surface area (Å²) in [5.74, 6) is -0.276. The summed E-state index contributed by atoms with van der Waals surface area (Å²) < 4.78 is 25.6. The monoisotopic (exact) mass is 440 g/mol. The minimum Gasteiger partial charge on any atom is -0.493 e. The molecule has 32 heavy (non-hydrogen) atoms. The number of carbonyl (C=O) groups excluding carboxylic acids is 3. The molecule has 0 aliphatic carbocycles. The highest BCUT2D eigenvalue weighted by atomic mass is 16.6. The van der Waals surface area contributed by atoms with Crippen LogP contribution < -0.4 is 18.9 Å². The van der Waals surface area contributed by atoms with Gasteiger partial charge in [-0.1, -0.05) is 18.2 Å². The Morgan fingerprint density at radius 1 is 0.750 bits per heavy atom. The van der Waals surface area contributed by atoms with Crippen LogP contribution in [0.3, 0.4) is 0 Å². The first kappa shape index (κ1) is 24.2. The quantitative estimate of drug-likeness (QED) is 0.330. The van der Waals surface area contributed by atoms with Crippen molar-refractivity contribution in [1.82, 2.24) is 0 Å². The van der Waals surface area contributed by atoms with E-state index in [1.54, 1.807) is 44.6 Å². The average molecular weight is 440 g/mol. The number of hydrogen-bond acceptors (Lipinski definition) is 8. The van der Waals surface area contributed by atoms with Gasteiger partial charge in [0, 0.05) is 19.9 Å². The van der Waals surface area contributed by atoms with Crippen molar-refractivity contribution in [3.8, 4) is 23.0 Å². The van der Waals surface area contributed by atoms with E-state index in [0.717, 1.165) is 5.56 Å². The van der Waals surface area contributed by atoms with Crippen molar-refractivity contribution in [3.05, 3.63) is 59.7 Å². The van der Waals surface area contributed by atoms with Crippen molar-refractivity contribution < 1.29 is 38.1 Å². The second-order valence-electron chi connectivity index (χ2n) is 6.37. The highest BCUT2D eigenvalue weighted by Crippen LogP contribution is 2.29. The maximum absolute atomic E-state index is 12.0. The molecule has 0 heterocycles. The maximum atomic E-state index is 12.0. The number of esters is 3. The first-order valence-corrected chi connectivity index (χ1v) is 9.56. The molecule has 2 rings (SSSR count). The molecule has 0 aliphatic rings. The van der Waals surface area contributed by atoms with Crippen molar-refractivity contribution in [3.63, 3.8) is 0 Å². The average Bonchev–Trinajstić information content (AvgIpc) is 2.76. The molecular weight excluding hydrogens is 416 g/mol. The van der Waals surface area contributed by atoms with Gasteiger partial charge in [0.15, 0.2) is 23.0 Å². The summed E-state index contributed by atoms with van der Waals surface area (Å²) in [5.41, 5.74) is 1.41.